The van der Waals surface area contributed by atoms with Gasteiger partial charge in [-0.05, 0) is 6.92 Å². The first-order valence-electron chi connectivity index (χ1n) is 5.95. The molecule has 1 fully saturated rings. The molecule has 0 aliphatic carbocycles. The van der Waals surface area contributed by atoms with Crippen LogP contribution in [0.5, 0.6) is 0 Å². The van der Waals surface area contributed by atoms with Crippen LogP contribution in [0.15, 0.2) is 0 Å². The van der Waals surface area contributed by atoms with Gasteiger partial charge in [0.15, 0.2) is 5.60 Å². The summed E-state index contributed by atoms with van der Waals surface area (Å²) < 4.78 is 74.4. The van der Waals surface area contributed by atoms with Crippen LogP contribution in [0.1, 0.15) is 13.8 Å². The summed E-state index contributed by atoms with van der Waals surface area (Å²) in [5.74, 6) is -9.42. The molecule has 0 aromatic rings. The molecule has 126 valence electrons. The van der Waals surface area contributed by atoms with Crippen molar-refractivity contribution in [2.24, 2.45) is 5.41 Å². The van der Waals surface area contributed by atoms with Crippen LogP contribution in [0.4, 0.5) is 22.0 Å². The summed E-state index contributed by atoms with van der Waals surface area (Å²) in [5.41, 5.74) is -4.08. The van der Waals surface area contributed by atoms with Crippen LogP contribution < -0.4 is 0 Å². The van der Waals surface area contributed by atoms with E-state index in [0.717, 1.165) is 0 Å². The fourth-order valence-corrected chi connectivity index (χ4v) is 1.65. The van der Waals surface area contributed by atoms with Crippen LogP contribution in [-0.4, -0.2) is 65.2 Å². The zero-order valence-corrected chi connectivity index (χ0v) is 11.4. The van der Waals surface area contributed by atoms with Crippen molar-refractivity contribution < 1.29 is 46.7 Å². The summed E-state index contributed by atoms with van der Waals surface area (Å²) in [4.78, 5) is 0. The largest absolute Gasteiger partial charge is 0.449 e. The Morgan fingerprint density at radius 2 is 1.67 bits per heavy atom. The van der Waals surface area contributed by atoms with Crippen LogP contribution in [0, 0.1) is 5.41 Å². The van der Waals surface area contributed by atoms with Crippen LogP contribution in [0.2, 0.25) is 0 Å². The van der Waals surface area contributed by atoms with Crippen LogP contribution >= 0.6 is 0 Å². The van der Waals surface area contributed by atoms with Crippen LogP contribution in [0.25, 0.3) is 0 Å². The zero-order chi connectivity index (χ0) is 16.7. The van der Waals surface area contributed by atoms with Gasteiger partial charge < -0.3 is 24.8 Å². The van der Waals surface area contributed by atoms with Gasteiger partial charge in [0.2, 0.25) is 0 Å². The first-order chi connectivity index (χ1) is 9.29. The predicted molar refractivity (Wildman–Crippen MR) is 58.5 cm³/mol. The maximum Gasteiger partial charge on any atom is 0.449 e. The summed E-state index contributed by atoms with van der Waals surface area (Å²) in [6.07, 6.45) is -5.71. The second kappa shape index (κ2) is 5.27. The lowest BCUT2D eigenvalue weighted by atomic mass is 9.91. The molecule has 0 aromatic heterocycles. The number of halogens is 5. The van der Waals surface area contributed by atoms with Crippen molar-refractivity contribution in [2.45, 2.75) is 37.3 Å². The number of alkyl halides is 5. The van der Waals surface area contributed by atoms with Crippen molar-refractivity contribution >= 4 is 0 Å². The van der Waals surface area contributed by atoms with E-state index in [2.05, 4.69) is 4.74 Å². The number of rotatable bonds is 5. The normalized spacial score (nSPS) is 33.4. The highest BCUT2D eigenvalue weighted by Crippen LogP contribution is 2.54. The molecule has 2 atom stereocenters. The number of ether oxygens (including phenoxy) is 2. The summed E-state index contributed by atoms with van der Waals surface area (Å²) in [6.45, 7) is -1.16. The minimum atomic E-state index is -5.71. The Kier molecular flexibility index (Phi) is 4.64. The van der Waals surface area contributed by atoms with Crippen molar-refractivity contribution in [3.8, 4) is 0 Å². The molecule has 0 bridgehead atoms. The van der Waals surface area contributed by atoms with E-state index in [0.29, 0.717) is 6.92 Å². The Labute approximate surface area is 117 Å². The maximum absolute atomic E-state index is 14.0. The third-order valence-electron chi connectivity index (χ3n) is 3.53. The average molecular weight is 324 g/mol. The predicted octanol–water partition coefficient (Wildman–Crippen LogP) is 0.669. The molecule has 1 rings (SSSR count). The molecule has 0 aromatic carbocycles. The first kappa shape index (κ1) is 18.5. The maximum atomic E-state index is 14.0. The molecular formula is C11H17F5O5. The Bertz CT molecular complexity index is 384. The summed E-state index contributed by atoms with van der Waals surface area (Å²) in [5, 5.41) is 27.2. The van der Waals surface area contributed by atoms with Gasteiger partial charge in [-0.2, -0.15) is 22.0 Å². The standard InChI is InChI=1S/C11H17F5O5/c1-7(3-17,4-18)5-20-8(2)6-21-10(19,9(8,12)13)11(14,15)16/h17-19H,3-6H2,1-2H3. The van der Waals surface area contributed by atoms with Gasteiger partial charge in [0, 0.05) is 5.41 Å². The zero-order valence-electron chi connectivity index (χ0n) is 11.4. The molecule has 1 aliphatic heterocycles. The fourth-order valence-electron chi connectivity index (χ4n) is 1.65. The quantitative estimate of drug-likeness (QED) is 0.648. The van der Waals surface area contributed by atoms with E-state index in [4.69, 9.17) is 20.1 Å². The lowest BCUT2D eigenvalue weighted by molar-refractivity contribution is -0.410. The average Bonchev–Trinajstić information content (AvgIpc) is 2.58. The number of aliphatic hydroxyl groups excluding tert-OH is 2. The molecule has 5 nitrogen and oxygen atoms in total. The van der Waals surface area contributed by atoms with E-state index in [-0.39, 0.29) is 0 Å². The second-order valence-corrected chi connectivity index (χ2v) is 5.65. The van der Waals surface area contributed by atoms with Gasteiger partial charge in [-0.3, -0.25) is 0 Å². The highest BCUT2D eigenvalue weighted by Gasteiger charge is 2.81. The third kappa shape index (κ3) is 2.74. The molecule has 1 heterocycles. The molecule has 10 heteroatoms. The second-order valence-electron chi connectivity index (χ2n) is 5.65. The first-order valence-corrected chi connectivity index (χ1v) is 5.95. The van der Waals surface area contributed by atoms with E-state index in [1.54, 1.807) is 0 Å². The van der Waals surface area contributed by atoms with Gasteiger partial charge >= 0.3 is 17.9 Å². The van der Waals surface area contributed by atoms with E-state index in [1.807, 2.05) is 0 Å². The highest BCUT2D eigenvalue weighted by molar-refractivity contribution is 5.09. The topological polar surface area (TPSA) is 79.2 Å². The summed E-state index contributed by atoms with van der Waals surface area (Å²) in [7, 11) is 0. The third-order valence-corrected chi connectivity index (χ3v) is 3.53. The van der Waals surface area contributed by atoms with Gasteiger partial charge in [-0.15, -0.1) is 0 Å². The minimum absolute atomic E-state index is 0.629. The van der Waals surface area contributed by atoms with Crippen molar-refractivity contribution in [3.05, 3.63) is 0 Å². The number of hydrogen-bond donors (Lipinski definition) is 3. The molecular weight excluding hydrogens is 307 g/mol. The fraction of sp³-hybridized carbons (Fsp3) is 1.00. The molecule has 21 heavy (non-hydrogen) atoms. The Balaban J connectivity index is 2.99. The molecule has 0 amide bonds. The highest BCUT2D eigenvalue weighted by atomic mass is 19.4. The Morgan fingerprint density at radius 1 is 1.19 bits per heavy atom. The molecule has 1 saturated heterocycles. The molecule has 0 spiro atoms. The molecule has 1 aliphatic rings. The van der Waals surface area contributed by atoms with E-state index in [9.17, 15) is 22.0 Å². The lowest BCUT2D eigenvalue weighted by Gasteiger charge is -2.37. The van der Waals surface area contributed by atoms with E-state index >= 15 is 0 Å². The molecule has 0 saturated carbocycles. The molecule has 2 unspecified atom stereocenters. The lowest BCUT2D eigenvalue weighted by Crippen LogP contribution is -2.63. The monoisotopic (exact) mass is 324 g/mol. The smallest absolute Gasteiger partial charge is 0.396 e. The number of hydrogen-bond acceptors (Lipinski definition) is 5. The van der Waals surface area contributed by atoms with Gasteiger partial charge in [-0.1, -0.05) is 6.92 Å². The van der Waals surface area contributed by atoms with Crippen molar-refractivity contribution in [2.75, 3.05) is 26.4 Å². The summed E-state index contributed by atoms with van der Waals surface area (Å²) in [6, 6.07) is 0. The van der Waals surface area contributed by atoms with Gasteiger partial charge in [-0.25, -0.2) is 0 Å². The molecule has 0 radical (unpaired) electrons. The van der Waals surface area contributed by atoms with Crippen molar-refractivity contribution in [1.29, 1.82) is 0 Å². The van der Waals surface area contributed by atoms with Gasteiger partial charge in [0.25, 0.3) is 0 Å². The molecule has 3 N–H and O–H groups in total. The van der Waals surface area contributed by atoms with E-state index in [1.165, 1.54) is 6.92 Å². The minimum Gasteiger partial charge on any atom is -0.396 e. The number of aliphatic hydroxyl groups is 3. The van der Waals surface area contributed by atoms with Crippen molar-refractivity contribution in [1.82, 2.24) is 0 Å². The van der Waals surface area contributed by atoms with Crippen molar-refractivity contribution in [3.63, 3.8) is 0 Å². The Morgan fingerprint density at radius 3 is 2.00 bits per heavy atom. The summed E-state index contributed by atoms with van der Waals surface area (Å²) >= 11 is 0. The van der Waals surface area contributed by atoms with E-state index < -0.39 is 55.3 Å². The van der Waals surface area contributed by atoms with Crippen LogP contribution in [-0.2, 0) is 9.47 Å². The van der Waals surface area contributed by atoms with Gasteiger partial charge in [0.1, 0.15) is 0 Å². The van der Waals surface area contributed by atoms with Gasteiger partial charge in [0.05, 0.1) is 26.4 Å². The SMILES string of the molecule is CC(CO)(CO)COC1(C)COC(O)(C(F)(F)F)C1(F)F. The van der Waals surface area contributed by atoms with Crippen LogP contribution in [0.3, 0.4) is 0 Å². The Hall–Kier alpha value is -0.550.